The molecule has 130 valence electrons. The molecule has 0 aliphatic rings. The van der Waals surface area contributed by atoms with Crippen LogP contribution in [0.3, 0.4) is 0 Å². The number of carbonyl (C=O) groups is 2. The normalized spacial score (nSPS) is 10.5. The lowest BCUT2D eigenvalue weighted by molar-refractivity contribution is -0.307. The zero-order chi connectivity index (χ0) is 18.2. The number of benzene rings is 2. The first kappa shape index (κ1) is 18.1. The Morgan fingerprint density at radius 2 is 1.68 bits per heavy atom. The topological polar surface area (TPSA) is 84.9 Å². The van der Waals surface area contributed by atoms with Crippen molar-refractivity contribution in [1.29, 1.82) is 0 Å². The largest absolute Gasteiger partial charge is 0.546 e. The number of carboxylic acid groups (broad SMARTS) is 1. The van der Waals surface area contributed by atoms with Crippen molar-refractivity contribution in [3.63, 3.8) is 0 Å². The van der Waals surface area contributed by atoms with Gasteiger partial charge in [0.1, 0.15) is 23.9 Å². The molecule has 2 aromatic carbocycles. The third-order valence-electron chi connectivity index (χ3n) is 3.35. The van der Waals surface area contributed by atoms with E-state index in [9.17, 15) is 14.7 Å². The Hall–Kier alpha value is -3.28. The van der Waals surface area contributed by atoms with Crippen LogP contribution in [0.15, 0.2) is 48.5 Å². The van der Waals surface area contributed by atoms with Crippen molar-refractivity contribution in [2.45, 2.75) is 0 Å². The van der Waals surface area contributed by atoms with Crippen LogP contribution in [0.4, 0.5) is 0 Å². The third-order valence-corrected chi connectivity index (χ3v) is 3.35. The fourth-order valence-corrected chi connectivity index (χ4v) is 2.08. The fraction of sp³-hybridized carbons (Fsp3) is 0.158. The fourth-order valence-electron chi connectivity index (χ4n) is 2.08. The molecule has 0 saturated heterocycles. The summed E-state index contributed by atoms with van der Waals surface area (Å²) in [4.78, 5) is 22.6. The Morgan fingerprint density at radius 1 is 1.00 bits per heavy atom. The minimum Gasteiger partial charge on any atom is -0.546 e. The second-order valence-corrected chi connectivity index (χ2v) is 4.99. The third kappa shape index (κ3) is 5.10. The van der Waals surface area contributed by atoms with Gasteiger partial charge in [-0.05, 0) is 48.6 Å². The summed E-state index contributed by atoms with van der Waals surface area (Å²) in [6.07, 6.45) is 3.09. The van der Waals surface area contributed by atoms with Crippen LogP contribution in [0, 0.1) is 0 Å². The van der Waals surface area contributed by atoms with Crippen LogP contribution in [0.5, 0.6) is 17.2 Å². The highest BCUT2D eigenvalue weighted by Gasteiger charge is 2.05. The number of carboxylic acids is 1. The van der Waals surface area contributed by atoms with Gasteiger partial charge < -0.3 is 24.1 Å². The first-order valence-corrected chi connectivity index (χ1v) is 7.40. The molecule has 0 fully saturated rings. The number of hydrogen-bond donors (Lipinski definition) is 0. The molecule has 0 atom stereocenters. The zero-order valence-electron chi connectivity index (χ0n) is 13.9. The van der Waals surface area contributed by atoms with Gasteiger partial charge in [-0.15, -0.1) is 0 Å². The number of ketones is 1. The quantitative estimate of drug-likeness (QED) is 0.537. The van der Waals surface area contributed by atoms with Gasteiger partial charge in [0.25, 0.3) is 0 Å². The number of carbonyl (C=O) groups excluding carboxylic acids is 2. The molecule has 0 aliphatic heterocycles. The maximum Gasteiger partial charge on any atom is 0.185 e. The molecule has 2 aromatic rings. The van der Waals surface area contributed by atoms with Crippen LogP contribution in [-0.2, 0) is 4.79 Å². The summed E-state index contributed by atoms with van der Waals surface area (Å²) < 4.78 is 15.4. The molecule has 0 amide bonds. The van der Waals surface area contributed by atoms with Gasteiger partial charge in [0.05, 0.1) is 20.2 Å². The summed E-state index contributed by atoms with van der Waals surface area (Å²) in [6.45, 7) is -0.537. The summed E-state index contributed by atoms with van der Waals surface area (Å²) in [7, 11) is 3.10. The van der Waals surface area contributed by atoms with Crippen LogP contribution >= 0.6 is 0 Å². The van der Waals surface area contributed by atoms with Crippen LogP contribution < -0.4 is 19.3 Å². The summed E-state index contributed by atoms with van der Waals surface area (Å²) >= 11 is 0. The van der Waals surface area contributed by atoms with Crippen molar-refractivity contribution < 1.29 is 28.9 Å². The minimum atomic E-state index is -1.31. The SMILES string of the molecule is COc1ccc(/C=C/C(=O)c2ccc(OCC(=O)[O-])cc2)c(OC)c1. The van der Waals surface area contributed by atoms with Gasteiger partial charge in [-0.2, -0.15) is 0 Å². The van der Waals surface area contributed by atoms with E-state index in [4.69, 9.17) is 14.2 Å². The lowest BCUT2D eigenvalue weighted by Gasteiger charge is -2.07. The molecule has 0 aromatic heterocycles. The monoisotopic (exact) mass is 341 g/mol. The first-order chi connectivity index (χ1) is 12.0. The van der Waals surface area contributed by atoms with Gasteiger partial charge in [0, 0.05) is 17.2 Å². The van der Waals surface area contributed by atoms with E-state index < -0.39 is 12.6 Å². The molecule has 0 spiro atoms. The Balaban J connectivity index is 2.08. The second kappa shape index (κ2) is 8.54. The molecule has 25 heavy (non-hydrogen) atoms. The van der Waals surface area contributed by atoms with Crippen molar-refractivity contribution in [2.24, 2.45) is 0 Å². The summed E-state index contributed by atoms with van der Waals surface area (Å²) in [6, 6.07) is 11.5. The number of ether oxygens (including phenoxy) is 3. The average molecular weight is 341 g/mol. The molecule has 0 heterocycles. The van der Waals surface area contributed by atoms with Crippen LogP contribution in [0.25, 0.3) is 6.08 Å². The Morgan fingerprint density at radius 3 is 2.28 bits per heavy atom. The lowest BCUT2D eigenvalue weighted by atomic mass is 10.1. The van der Waals surface area contributed by atoms with Gasteiger partial charge in [0.2, 0.25) is 0 Å². The van der Waals surface area contributed by atoms with Crippen LogP contribution in [0.1, 0.15) is 15.9 Å². The molecule has 0 saturated carbocycles. The van der Waals surface area contributed by atoms with Crippen LogP contribution in [0.2, 0.25) is 0 Å². The van der Waals surface area contributed by atoms with E-state index in [0.717, 1.165) is 5.56 Å². The highest BCUT2D eigenvalue weighted by Crippen LogP contribution is 2.25. The predicted molar refractivity (Wildman–Crippen MR) is 89.9 cm³/mol. The van der Waals surface area contributed by atoms with E-state index >= 15 is 0 Å². The van der Waals surface area contributed by atoms with E-state index in [-0.39, 0.29) is 5.78 Å². The van der Waals surface area contributed by atoms with Gasteiger partial charge >= 0.3 is 0 Å². The van der Waals surface area contributed by atoms with Crippen molar-refractivity contribution >= 4 is 17.8 Å². The van der Waals surface area contributed by atoms with E-state index in [1.165, 1.54) is 18.2 Å². The summed E-state index contributed by atoms with van der Waals surface area (Å²) in [5, 5.41) is 10.3. The van der Waals surface area contributed by atoms with E-state index in [2.05, 4.69) is 0 Å². The van der Waals surface area contributed by atoms with Crippen molar-refractivity contribution in [3.8, 4) is 17.2 Å². The smallest absolute Gasteiger partial charge is 0.185 e. The summed E-state index contributed by atoms with van der Waals surface area (Å²) in [5.41, 5.74) is 1.19. The van der Waals surface area contributed by atoms with Gasteiger partial charge in [-0.1, -0.05) is 0 Å². The predicted octanol–water partition coefficient (Wildman–Crippen LogP) is 1.73. The van der Waals surface area contributed by atoms with Crippen LogP contribution in [-0.4, -0.2) is 32.6 Å². The number of allylic oxidation sites excluding steroid dienone is 1. The Kier molecular flexibility index (Phi) is 6.17. The maximum atomic E-state index is 12.2. The highest BCUT2D eigenvalue weighted by atomic mass is 16.5. The zero-order valence-corrected chi connectivity index (χ0v) is 13.9. The maximum absolute atomic E-state index is 12.2. The van der Waals surface area contributed by atoms with Gasteiger partial charge in [-0.3, -0.25) is 4.79 Å². The number of aliphatic carboxylic acids is 1. The lowest BCUT2D eigenvalue weighted by Crippen LogP contribution is -2.28. The second-order valence-electron chi connectivity index (χ2n) is 4.99. The van der Waals surface area contributed by atoms with E-state index in [0.29, 0.717) is 22.8 Å². The van der Waals surface area contributed by atoms with E-state index in [1.54, 1.807) is 50.6 Å². The van der Waals surface area contributed by atoms with Crippen molar-refractivity contribution in [1.82, 2.24) is 0 Å². The molecule has 0 N–H and O–H groups in total. The highest BCUT2D eigenvalue weighted by molar-refractivity contribution is 6.07. The van der Waals surface area contributed by atoms with Gasteiger partial charge in [0.15, 0.2) is 5.78 Å². The van der Waals surface area contributed by atoms with E-state index in [1.807, 2.05) is 0 Å². The molecule has 2 rings (SSSR count). The Labute approximate surface area is 145 Å². The minimum absolute atomic E-state index is 0.204. The molecular formula is C19H17O6-. The molecule has 0 bridgehead atoms. The standard InChI is InChI=1S/C19H18O6/c1-23-16-9-5-14(18(11-16)24-2)6-10-17(20)13-3-7-15(8-4-13)25-12-19(21)22/h3-11H,12H2,1-2H3,(H,21,22)/p-1/b10-6+. The molecular weight excluding hydrogens is 324 g/mol. The van der Waals surface area contributed by atoms with Crippen molar-refractivity contribution in [3.05, 3.63) is 59.7 Å². The summed E-state index contributed by atoms with van der Waals surface area (Å²) in [5.74, 6) is 0.0873. The number of rotatable bonds is 8. The number of hydrogen-bond acceptors (Lipinski definition) is 6. The molecule has 6 nitrogen and oxygen atoms in total. The molecule has 0 aliphatic carbocycles. The number of methoxy groups -OCH3 is 2. The molecule has 6 heteroatoms. The molecule has 0 unspecified atom stereocenters. The Bertz CT molecular complexity index is 777. The molecule has 0 radical (unpaired) electrons. The van der Waals surface area contributed by atoms with Gasteiger partial charge in [-0.25, -0.2) is 0 Å². The average Bonchev–Trinajstić information content (AvgIpc) is 2.64. The van der Waals surface area contributed by atoms with Crippen molar-refractivity contribution in [2.75, 3.05) is 20.8 Å². The first-order valence-electron chi connectivity index (χ1n) is 7.40.